The van der Waals surface area contributed by atoms with E-state index >= 15 is 0 Å². The molecule has 1 aromatic heterocycles. The van der Waals surface area contributed by atoms with Crippen molar-refractivity contribution in [2.75, 3.05) is 6.61 Å². The molecule has 1 aromatic rings. The number of aliphatic hydroxyl groups is 1. The third-order valence-electron chi connectivity index (χ3n) is 2.19. The summed E-state index contributed by atoms with van der Waals surface area (Å²) >= 11 is 0. The minimum Gasteiger partial charge on any atom is -0.388 e. The van der Waals surface area contributed by atoms with Crippen LogP contribution in [0.25, 0.3) is 0 Å². The minimum atomic E-state index is -0.146. The second-order valence-corrected chi connectivity index (χ2v) is 4.75. The predicted octanol–water partition coefficient (Wildman–Crippen LogP) is 1.45. The lowest BCUT2D eigenvalue weighted by atomic mass is 10.1. The number of ether oxygens (including phenoxy) is 1. The molecule has 1 rings (SSSR count). The molecular weight excluding hydrogens is 206 g/mol. The van der Waals surface area contributed by atoms with Crippen LogP contribution in [0.3, 0.4) is 0 Å². The van der Waals surface area contributed by atoms with Crippen LogP contribution in [0.2, 0.25) is 0 Å². The van der Waals surface area contributed by atoms with Gasteiger partial charge in [-0.15, -0.1) is 10.2 Å². The Hall–Kier alpha value is -0.940. The lowest BCUT2D eigenvalue weighted by Gasteiger charge is -2.24. The second kappa shape index (κ2) is 5.41. The van der Waals surface area contributed by atoms with Crippen LogP contribution in [-0.4, -0.2) is 26.5 Å². The van der Waals surface area contributed by atoms with E-state index in [0.717, 1.165) is 12.2 Å². The highest BCUT2D eigenvalue weighted by atomic mass is 16.5. The highest BCUT2D eigenvalue weighted by Gasteiger charge is 2.22. The maximum atomic E-state index is 9.20. The Morgan fingerprint density at radius 2 is 1.88 bits per heavy atom. The second-order valence-electron chi connectivity index (χ2n) is 4.75. The molecule has 0 fully saturated rings. The van der Waals surface area contributed by atoms with Crippen molar-refractivity contribution in [3.05, 3.63) is 11.6 Å². The van der Waals surface area contributed by atoms with Crippen molar-refractivity contribution in [1.29, 1.82) is 0 Å². The van der Waals surface area contributed by atoms with Gasteiger partial charge in [0.15, 0.2) is 11.6 Å². The molecule has 0 spiro atoms. The molecule has 0 saturated heterocycles. The highest BCUT2D eigenvalue weighted by Crippen LogP contribution is 2.19. The largest absolute Gasteiger partial charge is 0.388 e. The fourth-order valence-corrected chi connectivity index (χ4v) is 1.63. The molecule has 5 heteroatoms. The molecule has 0 atom stereocenters. The lowest BCUT2D eigenvalue weighted by Crippen LogP contribution is -2.26. The molecule has 1 N–H and O–H groups in total. The lowest BCUT2D eigenvalue weighted by molar-refractivity contribution is 0.109. The first kappa shape index (κ1) is 13.1. The van der Waals surface area contributed by atoms with E-state index in [1.54, 1.807) is 0 Å². The summed E-state index contributed by atoms with van der Waals surface area (Å²) in [4.78, 5) is 0. The van der Waals surface area contributed by atoms with Gasteiger partial charge in [0.1, 0.15) is 13.2 Å². The first-order chi connectivity index (χ1) is 7.50. The Morgan fingerprint density at radius 3 is 2.38 bits per heavy atom. The molecule has 16 heavy (non-hydrogen) atoms. The fourth-order valence-electron chi connectivity index (χ4n) is 1.63. The summed E-state index contributed by atoms with van der Waals surface area (Å²) in [7, 11) is 0. The minimum absolute atomic E-state index is 0.0992. The molecular formula is C11H21N3O2. The van der Waals surface area contributed by atoms with Gasteiger partial charge in [-0.3, -0.25) is 0 Å². The van der Waals surface area contributed by atoms with Gasteiger partial charge in [-0.05, 0) is 27.2 Å². The SMILES string of the molecule is CCCOCc1nnc(CO)n1C(C)(C)C. The number of aliphatic hydroxyl groups excluding tert-OH is 1. The monoisotopic (exact) mass is 227 g/mol. The van der Waals surface area contributed by atoms with Crippen molar-refractivity contribution in [2.45, 2.75) is 52.9 Å². The average molecular weight is 227 g/mol. The van der Waals surface area contributed by atoms with E-state index in [0.29, 0.717) is 19.0 Å². The molecule has 0 aliphatic rings. The van der Waals surface area contributed by atoms with Crippen molar-refractivity contribution in [1.82, 2.24) is 14.8 Å². The summed E-state index contributed by atoms with van der Waals surface area (Å²) in [6.45, 7) is 9.28. The van der Waals surface area contributed by atoms with Gasteiger partial charge in [0, 0.05) is 12.1 Å². The quantitative estimate of drug-likeness (QED) is 0.773. The highest BCUT2D eigenvalue weighted by molar-refractivity contribution is 4.99. The van der Waals surface area contributed by atoms with Crippen LogP contribution in [0, 0.1) is 0 Å². The molecule has 0 saturated carbocycles. The molecule has 5 nitrogen and oxygen atoms in total. The van der Waals surface area contributed by atoms with E-state index < -0.39 is 0 Å². The van der Waals surface area contributed by atoms with Gasteiger partial charge in [0.2, 0.25) is 0 Å². The Kier molecular flexibility index (Phi) is 4.44. The Labute approximate surface area is 96.5 Å². The van der Waals surface area contributed by atoms with Gasteiger partial charge < -0.3 is 14.4 Å². The van der Waals surface area contributed by atoms with Crippen molar-refractivity contribution < 1.29 is 9.84 Å². The van der Waals surface area contributed by atoms with E-state index in [4.69, 9.17) is 4.74 Å². The van der Waals surface area contributed by atoms with Gasteiger partial charge in [0.05, 0.1) is 0 Å². The molecule has 0 aliphatic carbocycles. The summed E-state index contributed by atoms with van der Waals surface area (Å²) in [5.41, 5.74) is -0.146. The van der Waals surface area contributed by atoms with Crippen molar-refractivity contribution >= 4 is 0 Å². The van der Waals surface area contributed by atoms with Gasteiger partial charge in [-0.25, -0.2) is 0 Å². The van der Waals surface area contributed by atoms with Gasteiger partial charge in [-0.1, -0.05) is 6.92 Å². The van der Waals surface area contributed by atoms with Crippen molar-refractivity contribution in [3.63, 3.8) is 0 Å². The van der Waals surface area contributed by atoms with E-state index in [2.05, 4.69) is 37.9 Å². The average Bonchev–Trinajstić information content (AvgIpc) is 2.61. The van der Waals surface area contributed by atoms with Crippen LogP contribution in [-0.2, 0) is 23.5 Å². The Balaban J connectivity index is 2.88. The number of hydrogen-bond donors (Lipinski definition) is 1. The van der Waals surface area contributed by atoms with Crippen molar-refractivity contribution in [2.24, 2.45) is 0 Å². The third kappa shape index (κ3) is 3.02. The maximum absolute atomic E-state index is 9.20. The number of hydrogen-bond acceptors (Lipinski definition) is 4. The van der Waals surface area contributed by atoms with E-state index in [-0.39, 0.29) is 12.1 Å². The van der Waals surface area contributed by atoms with Crippen LogP contribution in [0.4, 0.5) is 0 Å². The van der Waals surface area contributed by atoms with Crippen LogP contribution < -0.4 is 0 Å². The molecule has 0 radical (unpaired) electrons. The third-order valence-corrected chi connectivity index (χ3v) is 2.19. The number of rotatable bonds is 5. The van der Waals surface area contributed by atoms with Crippen LogP contribution >= 0.6 is 0 Å². The van der Waals surface area contributed by atoms with E-state index in [1.165, 1.54) is 0 Å². The van der Waals surface area contributed by atoms with Crippen LogP contribution in [0.5, 0.6) is 0 Å². The zero-order valence-corrected chi connectivity index (χ0v) is 10.5. The van der Waals surface area contributed by atoms with Gasteiger partial charge in [-0.2, -0.15) is 0 Å². The summed E-state index contributed by atoms with van der Waals surface area (Å²) in [6.07, 6.45) is 0.983. The summed E-state index contributed by atoms with van der Waals surface area (Å²) in [6, 6.07) is 0. The summed E-state index contributed by atoms with van der Waals surface area (Å²) < 4.78 is 7.39. The predicted molar refractivity (Wildman–Crippen MR) is 60.9 cm³/mol. The Morgan fingerprint density at radius 1 is 1.25 bits per heavy atom. The Bertz CT molecular complexity index is 328. The standard InChI is InChI=1S/C11H21N3O2/c1-5-6-16-8-10-13-12-9(7-15)14(10)11(2,3)4/h15H,5-8H2,1-4H3. The summed E-state index contributed by atoms with van der Waals surface area (Å²) in [5, 5.41) is 17.2. The fraction of sp³-hybridized carbons (Fsp3) is 0.818. The van der Waals surface area contributed by atoms with Crippen LogP contribution in [0.1, 0.15) is 45.8 Å². The molecule has 0 amide bonds. The van der Waals surface area contributed by atoms with Crippen molar-refractivity contribution in [3.8, 4) is 0 Å². The summed E-state index contributed by atoms with van der Waals surface area (Å²) in [5.74, 6) is 1.35. The van der Waals surface area contributed by atoms with Crippen LogP contribution in [0.15, 0.2) is 0 Å². The normalized spacial score (nSPS) is 12.1. The number of aromatic nitrogens is 3. The molecule has 0 bridgehead atoms. The topological polar surface area (TPSA) is 60.2 Å². The maximum Gasteiger partial charge on any atom is 0.159 e. The number of nitrogens with zero attached hydrogens (tertiary/aromatic N) is 3. The van der Waals surface area contributed by atoms with Gasteiger partial charge >= 0.3 is 0 Å². The zero-order chi connectivity index (χ0) is 12.2. The van der Waals surface area contributed by atoms with Gasteiger partial charge in [0.25, 0.3) is 0 Å². The molecule has 0 aliphatic heterocycles. The molecule has 92 valence electrons. The first-order valence-corrected chi connectivity index (χ1v) is 5.63. The van der Waals surface area contributed by atoms with E-state index in [9.17, 15) is 5.11 Å². The smallest absolute Gasteiger partial charge is 0.159 e. The zero-order valence-electron chi connectivity index (χ0n) is 10.5. The molecule has 0 aromatic carbocycles. The first-order valence-electron chi connectivity index (χ1n) is 5.63. The van der Waals surface area contributed by atoms with E-state index in [1.807, 2.05) is 4.57 Å². The molecule has 0 unspecified atom stereocenters. The molecule has 1 heterocycles.